The quantitative estimate of drug-likeness (QED) is 0.417. The van der Waals surface area contributed by atoms with Gasteiger partial charge in [-0.3, -0.25) is 4.79 Å². The summed E-state index contributed by atoms with van der Waals surface area (Å²) < 4.78 is 13.9. The van der Waals surface area contributed by atoms with E-state index < -0.39 is 0 Å². The van der Waals surface area contributed by atoms with Crippen molar-refractivity contribution in [1.29, 1.82) is 0 Å². The molecule has 2 heterocycles. The van der Waals surface area contributed by atoms with Crippen molar-refractivity contribution < 1.29 is 14.3 Å². The fourth-order valence-electron chi connectivity index (χ4n) is 3.82. The number of aromatic nitrogens is 1. The highest BCUT2D eigenvalue weighted by atomic mass is 16.5. The lowest BCUT2D eigenvalue weighted by atomic mass is 10.1. The largest absolute Gasteiger partial charge is 0.489 e. The molecule has 0 spiro atoms. The normalized spacial score (nSPS) is 14.2. The van der Waals surface area contributed by atoms with Gasteiger partial charge in [-0.05, 0) is 42.3 Å². The SMILES string of the molecule is Cc1ccccc1COc1ccc2c(c1)O/C(=C/c1cn(C)c3ccccc13)C2=O. The van der Waals surface area contributed by atoms with E-state index in [1.165, 1.54) is 5.56 Å². The number of nitrogens with zero attached hydrogens (tertiary/aromatic N) is 1. The summed E-state index contributed by atoms with van der Waals surface area (Å²) in [5.74, 6) is 1.44. The Morgan fingerprint density at radius 3 is 2.70 bits per heavy atom. The number of hydrogen-bond donors (Lipinski definition) is 0. The van der Waals surface area contributed by atoms with Crippen molar-refractivity contribution in [3.8, 4) is 11.5 Å². The first-order valence-electron chi connectivity index (χ1n) is 9.90. The van der Waals surface area contributed by atoms with Gasteiger partial charge in [-0.1, -0.05) is 42.5 Å². The zero-order chi connectivity index (χ0) is 20.7. The standard InChI is InChI=1S/C26H21NO3/c1-17-7-3-4-8-18(17)16-29-20-11-12-22-24(14-20)30-25(26(22)28)13-19-15-27(2)23-10-6-5-9-21(19)23/h3-15H,16H2,1-2H3/b25-13+. The predicted molar refractivity (Wildman–Crippen MR) is 118 cm³/mol. The molecular weight excluding hydrogens is 374 g/mol. The van der Waals surface area contributed by atoms with Crippen molar-refractivity contribution in [1.82, 2.24) is 4.57 Å². The summed E-state index contributed by atoms with van der Waals surface area (Å²) in [6.07, 6.45) is 3.83. The number of ketones is 1. The van der Waals surface area contributed by atoms with Crippen molar-refractivity contribution in [2.45, 2.75) is 13.5 Å². The van der Waals surface area contributed by atoms with Crippen LogP contribution in [-0.4, -0.2) is 10.4 Å². The molecule has 0 saturated heterocycles. The maximum atomic E-state index is 12.8. The lowest BCUT2D eigenvalue weighted by molar-refractivity contribution is 0.101. The van der Waals surface area contributed by atoms with Crippen molar-refractivity contribution in [2.75, 3.05) is 0 Å². The number of hydrogen-bond acceptors (Lipinski definition) is 3. The molecule has 148 valence electrons. The summed E-state index contributed by atoms with van der Waals surface area (Å²) in [7, 11) is 1.99. The number of benzene rings is 3. The Morgan fingerprint density at radius 2 is 1.83 bits per heavy atom. The molecule has 0 atom stereocenters. The summed E-state index contributed by atoms with van der Waals surface area (Å²) in [4.78, 5) is 12.8. The van der Waals surface area contributed by atoms with Crippen LogP contribution in [0.1, 0.15) is 27.0 Å². The van der Waals surface area contributed by atoms with Gasteiger partial charge in [0, 0.05) is 35.8 Å². The van der Waals surface area contributed by atoms with Crippen LogP contribution in [-0.2, 0) is 13.7 Å². The van der Waals surface area contributed by atoms with Crippen LogP contribution in [0.4, 0.5) is 0 Å². The van der Waals surface area contributed by atoms with Gasteiger partial charge in [0.2, 0.25) is 5.78 Å². The average molecular weight is 395 g/mol. The van der Waals surface area contributed by atoms with Crippen LogP contribution < -0.4 is 9.47 Å². The van der Waals surface area contributed by atoms with E-state index in [9.17, 15) is 4.79 Å². The Bertz CT molecular complexity index is 1310. The molecule has 0 bridgehead atoms. The fraction of sp³-hybridized carbons (Fsp3) is 0.115. The molecule has 0 radical (unpaired) electrons. The van der Waals surface area contributed by atoms with Gasteiger partial charge < -0.3 is 14.0 Å². The number of ether oxygens (including phenoxy) is 2. The number of Topliss-reactive ketones (excluding diaryl/α,β-unsaturated/α-hetero) is 1. The predicted octanol–water partition coefficient (Wildman–Crippen LogP) is 5.68. The number of para-hydroxylation sites is 1. The lowest BCUT2D eigenvalue weighted by Crippen LogP contribution is -1.98. The number of carbonyl (C=O) groups is 1. The van der Waals surface area contributed by atoms with Gasteiger partial charge in [0.15, 0.2) is 5.76 Å². The maximum absolute atomic E-state index is 12.8. The molecule has 0 saturated carbocycles. The third-order valence-corrected chi connectivity index (χ3v) is 5.51. The highest BCUT2D eigenvalue weighted by molar-refractivity contribution is 6.15. The third-order valence-electron chi connectivity index (χ3n) is 5.51. The van der Waals surface area contributed by atoms with Crippen LogP contribution in [0.2, 0.25) is 0 Å². The van der Waals surface area contributed by atoms with E-state index in [4.69, 9.17) is 9.47 Å². The molecule has 0 aliphatic carbocycles. The molecular formula is C26H21NO3. The minimum atomic E-state index is -0.108. The Balaban J connectivity index is 1.40. The van der Waals surface area contributed by atoms with Gasteiger partial charge in [0.1, 0.15) is 18.1 Å². The van der Waals surface area contributed by atoms with E-state index in [1.54, 1.807) is 12.1 Å². The van der Waals surface area contributed by atoms with E-state index >= 15 is 0 Å². The molecule has 30 heavy (non-hydrogen) atoms. The first-order valence-corrected chi connectivity index (χ1v) is 9.90. The van der Waals surface area contributed by atoms with E-state index in [-0.39, 0.29) is 5.78 Å². The Kier molecular flexibility index (Phi) is 4.40. The van der Waals surface area contributed by atoms with Crippen molar-refractivity contribution in [3.05, 3.63) is 101 Å². The molecule has 1 aliphatic rings. The van der Waals surface area contributed by atoms with Gasteiger partial charge >= 0.3 is 0 Å². The Labute approximate surface area is 175 Å². The molecule has 4 heteroatoms. The zero-order valence-electron chi connectivity index (χ0n) is 16.9. The van der Waals surface area contributed by atoms with Gasteiger partial charge in [-0.25, -0.2) is 0 Å². The molecule has 3 aromatic carbocycles. The monoisotopic (exact) mass is 395 g/mol. The van der Waals surface area contributed by atoms with Crippen molar-refractivity contribution >= 4 is 22.8 Å². The number of aryl methyl sites for hydroxylation is 2. The molecule has 0 fully saturated rings. The Morgan fingerprint density at radius 1 is 1.03 bits per heavy atom. The first-order chi connectivity index (χ1) is 14.6. The van der Waals surface area contributed by atoms with Crippen LogP contribution in [0.15, 0.2) is 78.7 Å². The van der Waals surface area contributed by atoms with Crippen LogP contribution in [0, 0.1) is 6.92 Å². The smallest absolute Gasteiger partial charge is 0.231 e. The highest BCUT2D eigenvalue weighted by Gasteiger charge is 2.28. The number of fused-ring (bicyclic) bond motifs is 2. The minimum absolute atomic E-state index is 0.108. The second-order valence-electron chi connectivity index (χ2n) is 7.53. The van der Waals surface area contributed by atoms with Gasteiger partial charge in [0.05, 0.1) is 5.56 Å². The van der Waals surface area contributed by atoms with Gasteiger partial charge in [-0.15, -0.1) is 0 Å². The van der Waals surface area contributed by atoms with E-state index in [0.717, 1.165) is 22.0 Å². The fourth-order valence-corrected chi connectivity index (χ4v) is 3.82. The average Bonchev–Trinajstić information content (AvgIpc) is 3.24. The maximum Gasteiger partial charge on any atom is 0.231 e. The molecule has 4 nitrogen and oxygen atoms in total. The molecule has 4 aromatic rings. The highest BCUT2D eigenvalue weighted by Crippen LogP contribution is 2.36. The summed E-state index contributed by atoms with van der Waals surface area (Å²) in [6.45, 7) is 2.53. The third kappa shape index (κ3) is 3.16. The number of carbonyl (C=O) groups excluding carboxylic acids is 1. The van der Waals surface area contributed by atoms with E-state index in [2.05, 4.69) is 19.1 Å². The van der Waals surface area contributed by atoms with Gasteiger partial charge in [-0.2, -0.15) is 0 Å². The number of allylic oxidation sites excluding steroid dienone is 1. The van der Waals surface area contributed by atoms with Crippen LogP contribution >= 0.6 is 0 Å². The Hall–Kier alpha value is -3.79. The molecule has 0 amide bonds. The summed E-state index contributed by atoms with van der Waals surface area (Å²) in [5, 5.41) is 1.09. The van der Waals surface area contributed by atoms with Crippen molar-refractivity contribution in [2.24, 2.45) is 7.05 Å². The van der Waals surface area contributed by atoms with Crippen molar-refractivity contribution in [3.63, 3.8) is 0 Å². The molecule has 0 N–H and O–H groups in total. The minimum Gasteiger partial charge on any atom is -0.489 e. The van der Waals surface area contributed by atoms with Gasteiger partial charge in [0.25, 0.3) is 0 Å². The molecule has 1 aliphatic heterocycles. The lowest BCUT2D eigenvalue weighted by Gasteiger charge is -2.09. The second-order valence-corrected chi connectivity index (χ2v) is 7.53. The second kappa shape index (κ2) is 7.23. The number of rotatable bonds is 4. The van der Waals surface area contributed by atoms with Crippen LogP contribution in [0.25, 0.3) is 17.0 Å². The molecule has 1 aromatic heterocycles. The summed E-state index contributed by atoms with van der Waals surface area (Å²) in [5.41, 5.74) is 4.95. The summed E-state index contributed by atoms with van der Waals surface area (Å²) >= 11 is 0. The molecule has 5 rings (SSSR count). The molecule has 0 unspecified atom stereocenters. The van der Waals surface area contributed by atoms with Crippen LogP contribution in [0.5, 0.6) is 11.5 Å². The topological polar surface area (TPSA) is 40.5 Å². The van der Waals surface area contributed by atoms with E-state index in [0.29, 0.717) is 29.4 Å². The van der Waals surface area contributed by atoms with E-state index in [1.807, 2.05) is 66.4 Å². The first kappa shape index (κ1) is 18.3. The summed E-state index contributed by atoms with van der Waals surface area (Å²) in [6, 6.07) is 21.6. The van der Waals surface area contributed by atoms with Crippen LogP contribution in [0.3, 0.4) is 0 Å². The zero-order valence-corrected chi connectivity index (χ0v) is 16.9.